The maximum atomic E-state index is 12.1. The summed E-state index contributed by atoms with van der Waals surface area (Å²) in [5.41, 5.74) is 2.10. The minimum atomic E-state index is -0.346. The third-order valence-corrected chi connectivity index (χ3v) is 3.57. The number of carbonyl (C=O) groups is 2. The van der Waals surface area contributed by atoms with E-state index in [0.717, 1.165) is 5.56 Å². The van der Waals surface area contributed by atoms with Gasteiger partial charge in [0.05, 0.1) is 12.2 Å². The first-order valence-electron chi connectivity index (χ1n) is 7.91. The van der Waals surface area contributed by atoms with Gasteiger partial charge in [0.2, 0.25) is 5.91 Å². The van der Waals surface area contributed by atoms with Gasteiger partial charge in [0.25, 0.3) is 11.5 Å². The number of anilines is 1. The number of aromatic amines is 1. The Morgan fingerprint density at radius 3 is 2.50 bits per heavy atom. The predicted molar refractivity (Wildman–Crippen MR) is 97.7 cm³/mol. The Hall–Kier alpha value is -3.74. The minimum Gasteiger partial charge on any atom is -0.343 e. The summed E-state index contributed by atoms with van der Waals surface area (Å²) in [5, 5.41) is 11.6. The highest BCUT2D eigenvalue weighted by molar-refractivity contribution is 5.99. The van der Waals surface area contributed by atoms with Crippen LogP contribution >= 0.6 is 0 Å². The highest BCUT2D eigenvalue weighted by atomic mass is 16.2. The van der Waals surface area contributed by atoms with Crippen LogP contribution in [0.2, 0.25) is 0 Å². The van der Waals surface area contributed by atoms with Gasteiger partial charge < -0.3 is 10.6 Å². The second kappa shape index (κ2) is 7.89. The van der Waals surface area contributed by atoms with Gasteiger partial charge in [-0.3, -0.25) is 14.4 Å². The molecule has 0 aliphatic rings. The molecule has 1 aromatic heterocycles. The molecule has 7 heteroatoms. The molecule has 0 atom stereocenters. The fourth-order valence-corrected chi connectivity index (χ4v) is 2.32. The predicted octanol–water partition coefficient (Wildman–Crippen LogP) is 1.81. The zero-order valence-electron chi connectivity index (χ0n) is 13.7. The average molecular weight is 348 g/mol. The number of rotatable bonds is 5. The number of benzene rings is 2. The van der Waals surface area contributed by atoms with E-state index in [9.17, 15) is 14.4 Å². The minimum absolute atomic E-state index is 0.144. The summed E-state index contributed by atoms with van der Waals surface area (Å²) in [6, 6.07) is 18.7. The Morgan fingerprint density at radius 2 is 1.77 bits per heavy atom. The van der Waals surface area contributed by atoms with Gasteiger partial charge in [-0.15, -0.1) is 0 Å². The summed E-state index contributed by atoms with van der Waals surface area (Å²) in [5.74, 6) is -0.659. The molecule has 0 spiro atoms. The molecule has 3 N–H and O–H groups in total. The van der Waals surface area contributed by atoms with Crippen LogP contribution in [0, 0.1) is 0 Å². The molecule has 26 heavy (non-hydrogen) atoms. The molecule has 0 unspecified atom stereocenters. The van der Waals surface area contributed by atoms with E-state index in [4.69, 9.17) is 0 Å². The molecule has 3 aromatic rings. The first-order chi connectivity index (χ1) is 12.6. The summed E-state index contributed by atoms with van der Waals surface area (Å²) >= 11 is 0. The fraction of sp³-hybridized carbons (Fsp3) is 0.0526. The molecule has 0 fully saturated rings. The molecule has 130 valence electrons. The zero-order chi connectivity index (χ0) is 18.4. The molecule has 2 amide bonds. The van der Waals surface area contributed by atoms with Crippen molar-refractivity contribution in [2.45, 2.75) is 0 Å². The van der Waals surface area contributed by atoms with E-state index in [-0.39, 0.29) is 23.9 Å². The van der Waals surface area contributed by atoms with Gasteiger partial charge in [-0.25, -0.2) is 5.10 Å². The van der Waals surface area contributed by atoms with Crippen LogP contribution in [0.15, 0.2) is 71.5 Å². The van der Waals surface area contributed by atoms with Crippen molar-refractivity contribution in [1.29, 1.82) is 0 Å². The van der Waals surface area contributed by atoms with Crippen molar-refractivity contribution in [3.8, 4) is 11.3 Å². The van der Waals surface area contributed by atoms with Gasteiger partial charge in [0.15, 0.2) is 0 Å². The number of carbonyl (C=O) groups excluding carboxylic acids is 2. The van der Waals surface area contributed by atoms with Crippen LogP contribution in [0.1, 0.15) is 10.4 Å². The van der Waals surface area contributed by atoms with E-state index < -0.39 is 0 Å². The second-order valence-electron chi connectivity index (χ2n) is 5.48. The van der Waals surface area contributed by atoms with Crippen molar-refractivity contribution in [1.82, 2.24) is 15.5 Å². The van der Waals surface area contributed by atoms with Crippen LogP contribution in [-0.2, 0) is 4.79 Å². The lowest BCUT2D eigenvalue weighted by Crippen LogP contribution is -2.32. The number of nitrogens with one attached hydrogen (secondary N) is 3. The first-order valence-corrected chi connectivity index (χ1v) is 7.91. The highest BCUT2D eigenvalue weighted by Crippen LogP contribution is 2.19. The molecule has 0 aliphatic heterocycles. The van der Waals surface area contributed by atoms with Crippen LogP contribution in [0.25, 0.3) is 11.3 Å². The van der Waals surface area contributed by atoms with E-state index in [2.05, 4.69) is 20.8 Å². The summed E-state index contributed by atoms with van der Waals surface area (Å²) in [7, 11) is 0. The number of amides is 2. The summed E-state index contributed by atoms with van der Waals surface area (Å²) < 4.78 is 0. The van der Waals surface area contributed by atoms with E-state index in [1.54, 1.807) is 48.5 Å². The molecule has 2 aromatic carbocycles. The standard InChI is InChI=1S/C19H16N4O3/c24-17-10-9-16(22-23-17)14-7-4-8-15(11-14)21-18(25)12-20-19(26)13-5-2-1-3-6-13/h1-11H,12H2,(H,20,26)(H,21,25)(H,23,24). The van der Waals surface area contributed by atoms with Crippen LogP contribution in [-0.4, -0.2) is 28.6 Å². The highest BCUT2D eigenvalue weighted by Gasteiger charge is 2.08. The van der Waals surface area contributed by atoms with Gasteiger partial charge in [-0.1, -0.05) is 30.3 Å². The number of hydrogen-bond donors (Lipinski definition) is 3. The maximum absolute atomic E-state index is 12.1. The molecular weight excluding hydrogens is 332 g/mol. The van der Waals surface area contributed by atoms with Gasteiger partial charge in [0.1, 0.15) is 0 Å². The first kappa shape index (κ1) is 17.1. The fourth-order valence-electron chi connectivity index (χ4n) is 2.32. The molecule has 3 rings (SSSR count). The summed E-state index contributed by atoms with van der Waals surface area (Å²) in [4.78, 5) is 35.1. The lowest BCUT2D eigenvalue weighted by molar-refractivity contribution is -0.115. The smallest absolute Gasteiger partial charge is 0.264 e. The van der Waals surface area contributed by atoms with Crippen LogP contribution in [0.4, 0.5) is 5.69 Å². The normalized spacial score (nSPS) is 10.2. The Bertz CT molecular complexity index is 963. The van der Waals surface area contributed by atoms with Crippen molar-refractivity contribution in [3.63, 3.8) is 0 Å². The third kappa shape index (κ3) is 4.41. The average Bonchev–Trinajstić information content (AvgIpc) is 2.67. The molecule has 0 radical (unpaired) electrons. The topological polar surface area (TPSA) is 104 Å². The van der Waals surface area contributed by atoms with Crippen LogP contribution in [0.5, 0.6) is 0 Å². The Labute approximate surface area is 149 Å². The summed E-state index contributed by atoms with van der Waals surface area (Å²) in [6.07, 6.45) is 0. The van der Waals surface area contributed by atoms with E-state index in [1.807, 2.05) is 12.1 Å². The van der Waals surface area contributed by atoms with Crippen molar-refractivity contribution in [3.05, 3.63) is 82.6 Å². The van der Waals surface area contributed by atoms with Crippen LogP contribution < -0.4 is 16.2 Å². The molecule has 0 bridgehead atoms. The summed E-state index contributed by atoms with van der Waals surface area (Å²) in [6.45, 7) is -0.144. The molecular formula is C19H16N4O3. The lowest BCUT2D eigenvalue weighted by Gasteiger charge is -2.08. The quantitative estimate of drug-likeness (QED) is 0.654. The van der Waals surface area contributed by atoms with E-state index in [0.29, 0.717) is 16.9 Å². The van der Waals surface area contributed by atoms with Crippen LogP contribution in [0.3, 0.4) is 0 Å². The second-order valence-corrected chi connectivity index (χ2v) is 5.48. The Kier molecular flexibility index (Phi) is 5.19. The van der Waals surface area contributed by atoms with Crippen molar-refractivity contribution < 1.29 is 9.59 Å². The maximum Gasteiger partial charge on any atom is 0.264 e. The molecule has 0 saturated carbocycles. The third-order valence-electron chi connectivity index (χ3n) is 3.57. The molecule has 0 aliphatic carbocycles. The van der Waals surface area contributed by atoms with E-state index in [1.165, 1.54) is 6.07 Å². The van der Waals surface area contributed by atoms with Gasteiger partial charge in [0, 0.05) is 22.9 Å². The van der Waals surface area contributed by atoms with Gasteiger partial charge in [-0.05, 0) is 30.3 Å². The molecule has 0 saturated heterocycles. The van der Waals surface area contributed by atoms with Crippen molar-refractivity contribution >= 4 is 17.5 Å². The largest absolute Gasteiger partial charge is 0.343 e. The monoisotopic (exact) mass is 348 g/mol. The zero-order valence-corrected chi connectivity index (χ0v) is 13.7. The number of hydrogen-bond acceptors (Lipinski definition) is 4. The van der Waals surface area contributed by atoms with Crippen molar-refractivity contribution in [2.24, 2.45) is 0 Å². The van der Waals surface area contributed by atoms with Crippen molar-refractivity contribution in [2.75, 3.05) is 11.9 Å². The molecule has 1 heterocycles. The number of aromatic nitrogens is 2. The van der Waals surface area contributed by atoms with Gasteiger partial charge in [-0.2, -0.15) is 5.10 Å². The molecule has 7 nitrogen and oxygen atoms in total. The Balaban J connectivity index is 1.61. The number of nitrogens with zero attached hydrogens (tertiary/aromatic N) is 1. The number of H-pyrrole nitrogens is 1. The SMILES string of the molecule is O=C(CNC(=O)c1ccccc1)Nc1cccc(-c2ccc(=O)[nH]n2)c1. The lowest BCUT2D eigenvalue weighted by atomic mass is 10.1. The van der Waals surface area contributed by atoms with Gasteiger partial charge >= 0.3 is 0 Å². The van der Waals surface area contributed by atoms with E-state index >= 15 is 0 Å². The Morgan fingerprint density at radius 1 is 0.962 bits per heavy atom.